The van der Waals surface area contributed by atoms with Gasteiger partial charge < -0.3 is 9.64 Å². The van der Waals surface area contributed by atoms with Crippen LogP contribution in [0.5, 0.6) is 5.75 Å². The summed E-state index contributed by atoms with van der Waals surface area (Å²) in [5.74, 6) is 0.390. The molecule has 0 unspecified atom stereocenters. The van der Waals surface area contributed by atoms with E-state index in [-0.39, 0.29) is 10.9 Å². The fourth-order valence-electron chi connectivity index (χ4n) is 2.95. The number of fused-ring (bicyclic) bond motifs is 1. The van der Waals surface area contributed by atoms with E-state index in [2.05, 4.69) is 9.97 Å². The number of amides is 1. The van der Waals surface area contributed by atoms with Crippen molar-refractivity contribution >= 4 is 17.5 Å². The highest BCUT2D eigenvalue weighted by molar-refractivity contribution is 6.30. The first-order valence-corrected chi connectivity index (χ1v) is 8.77. The summed E-state index contributed by atoms with van der Waals surface area (Å²) in [5, 5.41) is 0.0574. The standard InChI is InChI=1S/C20H15ClFN3O2/c21-16-4-2-14(11-17(16)22)13-3-5-18-15(10-13)20(26)25(8-9-27-18)12-19-23-6-1-7-24-19/h1-7,10-11H,8-9,12H2. The molecule has 0 saturated carbocycles. The van der Waals surface area contributed by atoms with Gasteiger partial charge in [-0.2, -0.15) is 0 Å². The Labute approximate surface area is 160 Å². The van der Waals surface area contributed by atoms with Gasteiger partial charge in [0.25, 0.3) is 5.91 Å². The van der Waals surface area contributed by atoms with Gasteiger partial charge in [0.1, 0.15) is 24.0 Å². The van der Waals surface area contributed by atoms with Crippen LogP contribution in [-0.4, -0.2) is 33.9 Å². The molecule has 0 saturated heterocycles. The molecule has 0 spiro atoms. The highest BCUT2D eigenvalue weighted by Crippen LogP contribution is 2.31. The molecule has 1 aliphatic rings. The van der Waals surface area contributed by atoms with Crippen molar-refractivity contribution in [1.29, 1.82) is 0 Å². The summed E-state index contributed by atoms with van der Waals surface area (Å²) < 4.78 is 19.5. The van der Waals surface area contributed by atoms with E-state index in [4.69, 9.17) is 16.3 Å². The number of hydrogen-bond acceptors (Lipinski definition) is 4. The third-order valence-electron chi connectivity index (χ3n) is 4.32. The largest absolute Gasteiger partial charge is 0.491 e. The molecule has 2 aromatic carbocycles. The number of nitrogens with zero attached hydrogens (tertiary/aromatic N) is 3. The van der Waals surface area contributed by atoms with Crippen LogP contribution in [0.3, 0.4) is 0 Å². The first-order chi connectivity index (χ1) is 13.1. The fourth-order valence-corrected chi connectivity index (χ4v) is 3.07. The predicted octanol–water partition coefficient (Wildman–Crippen LogP) is 3.97. The molecule has 27 heavy (non-hydrogen) atoms. The topological polar surface area (TPSA) is 55.3 Å². The Morgan fingerprint density at radius 2 is 1.85 bits per heavy atom. The molecular formula is C20H15ClFN3O2. The van der Waals surface area contributed by atoms with Crippen LogP contribution in [0.25, 0.3) is 11.1 Å². The van der Waals surface area contributed by atoms with Gasteiger partial charge in [-0.3, -0.25) is 4.79 Å². The number of ether oxygens (including phenoxy) is 1. The number of hydrogen-bond donors (Lipinski definition) is 0. The Balaban J connectivity index is 1.68. The molecule has 0 N–H and O–H groups in total. The minimum Gasteiger partial charge on any atom is -0.491 e. The van der Waals surface area contributed by atoms with E-state index in [9.17, 15) is 9.18 Å². The smallest absolute Gasteiger partial charge is 0.258 e. The SMILES string of the molecule is O=C1c2cc(-c3ccc(Cl)c(F)c3)ccc2OCCN1Cc1ncccn1. The molecule has 3 aromatic rings. The van der Waals surface area contributed by atoms with Gasteiger partial charge in [0.05, 0.1) is 23.7 Å². The zero-order chi connectivity index (χ0) is 18.8. The maximum Gasteiger partial charge on any atom is 0.258 e. The molecular weight excluding hydrogens is 369 g/mol. The Morgan fingerprint density at radius 3 is 2.63 bits per heavy atom. The average molecular weight is 384 g/mol. The van der Waals surface area contributed by atoms with Crippen molar-refractivity contribution < 1.29 is 13.9 Å². The molecule has 0 atom stereocenters. The summed E-state index contributed by atoms with van der Waals surface area (Å²) in [6.07, 6.45) is 3.28. The summed E-state index contributed by atoms with van der Waals surface area (Å²) in [7, 11) is 0. The van der Waals surface area contributed by atoms with E-state index in [1.54, 1.807) is 47.6 Å². The molecule has 1 aliphatic heterocycles. The minimum atomic E-state index is -0.505. The van der Waals surface area contributed by atoms with E-state index in [1.807, 2.05) is 0 Å². The molecule has 1 aromatic heterocycles. The van der Waals surface area contributed by atoms with Crippen LogP contribution in [0, 0.1) is 5.82 Å². The highest BCUT2D eigenvalue weighted by Gasteiger charge is 2.25. The lowest BCUT2D eigenvalue weighted by Gasteiger charge is -2.19. The van der Waals surface area contributed by atoms with Crippen LogP contribution in [0.15, 0.2) is 54.9 Å². The van der Waals surface area contributed by atoms with E-state index in [0.717, 1.165) is 0 Å². The van der Waals surface area contributed by atoms with Crippen LogP contribution in [0.2, 0.25) is 5.02 Å². The van der Waals surface area contributed by atoms with E-state index in [0.29, 0.717) is 48.0 Å². The molecule has 0 aliphatic carbocycles. The lowest BCUT2D eigenvalue weighted by atomic mass is 10.0. The number of benzene rings is 2. The van der Waals surface area contributed by atoms with Gasteiger partial charge >= 0.3 is 0 Å². The van der Waals surface area contributed by atoms with Crippen molar-refractivity contribution in [1.82, 2.24) is 14.9 Å². The number of carbonyl (C=O) groups is 1. The Hall–Kier alpha value is -2.99. The number of halogens is 2. The maximum absolute atomic E-state index is 13.8. The minimum absolute atomic E-state index is 0.0574. The zero-order valence-corrected chi connectivity index (χ0v) is 15.0. The van der Waals surface area contributed by atoms with Gasteiger partial charge in [0, 0.05) is 12.4 Å². The van der Waals surface area contributed by atoms with Crippen LogP contribution >= 0.6 is 11.6 Å². The third-order valence-corrected chi connectivity index (χ3v) is 4.63. The van der Waals surface area contributed by atoms with Crippen molar-refractivity contribution in [2.75, 3.05) is 13.2 Å². The van der Waals surface area contributed by atoms with Crippen LogP contribution in [-0.2, 0) is 6.54 Å². The second-order valence-corrected chi connectivity index (χ2v) is 6.49. The normalized spacial score (nSPS) is 13.7. The molecule has 1 amide bonds. The van der Waals surface area contributed by atoms with Gasteiger partial charge in [-0.25, -0.2) is 14.4 Å². The first kappa shape index (κ1) is 17.4. The van der Waals surface area contributed by atoms with Crippen LogP contribution in [0.1, 0.15) is 16.2 Å². The molecule has 5 nitrogen and oxygen atoms in total. The van der Waals surface area contributed by atoms with Crippen LogP contribution < -0.4 is 4.74 Å². The predicted molar refractivity (Wildman–Crippen MR) is 99.1 cm³/mol. The van der Waals surface area contributed by atoms with Crippen molar-refractivity contribution in [2.24, 2.45) is 0 Å². The van der Waals surface area contributed by atoms with E-state index < -0.39 is 5.82 Å². The lowest BCUT2D eigenvalue weighted by molar-refractivity contribution is 0.0738. The monoisotopic (exact) mass is 383 g/mol. The summed E-state index contributed by atoms with van der Waals surface area (Å²) in [4.78, 5) is 23.0. The van der Waals surface area contributed by atoms with E-state index in [1.165, 1.54) is 12.1 Å². The Morgan fingerprint density at radius 1 is 1.11 bits per heavy atom. The molecule has 0 bridgehead atoms. The third kappa shape index (κ3) is 3.61. The van der Waals surface area contributed by atoms with Crippen molar-refractivity contribution in [3.63, 3.8) is 0 Å². The second-order valence-electron chi connectivity index (χ2n) is 6.08. The number of aromatic nitrogens is 2. The second kappa shape index (κ2) is 7.32. The Bertz CT molecular complexity index is 998. The van der Waals surface area contributed by atoms with Gasteiger partial charge in [0.15, 0.2) is 0 Å². The first-order valence-electron chi connectivity index (χ1n) is 8.39. The van der Waals surface area contributed by atoms with Crippen molar-refractivity contribution in [3.05, 3.63) is 77.1 Å². The summed E-state index contributed by atoms with van der Waals surface area (Å²) in [6, 6.07) is 11.5. The average Bonchev–Trinajstić information content (AvgIpc) is 2.84. The summed E-state index contributed by atoms with van der Waals surface area (Å²) in [6.45, 7) is 1.10. The molecule has 2 heterocycles. The van der Waals surface area contributed by atoms with E-state index >= 15 is 0 Å². The molecule has 0 fully saturated rings. The highest BCUT2D eigenvalue weighted by atomic mass is 35.5. The molecule has 7 heteroatoms. The van der Waals surface area contributed by atoms with Crippen molar-refractivity contribution in [2.45, 2.75) is 6.54 Å². The van der Waals surface area contributed by atoms with Gasteiger partial charge in [-0.05, 0) is 41.5 Å². The maximum atomic E-state index is 13.8. The zero-order valence-electron chi connectivity index (χ0n) is 14.2. The summed E-state index contributed by atoms with van der Waals surface area (Å²) in [5.41, 5.74) is 1.77. The van der Waals surface area contributed by atoms with Gasteiger partial charge in [0.2, 0.25) is 0 Å². The van der Waals surface area contributed by atoms with Crippen molar-refractivity contribution in [3.8, 4) is 16.9 Å². The number of carbonyl (C=O) groups excluding carboxylic acids is 1. The number of rotatable bonds is 3. The Kier molecular flexibility index (Phi) is 4.73. The lowest BCUT2D eigenvalue weighted by Crippen LogP contribution is -2.32. The molecule has 0 radical (unpaired) electrons. The van der Waals surface area contributed by atoms with Gasteiger partial charge in [-0.1, -0.05) is 23.7 Å². The quantitative estimate of drug-likeness (QED) is 0.686. The fraction of sp³-hybridized carbons (Fsp3) is 0.150. The molecule has 136 valence electrons. The summed E-state index contributed by atoms with van der Waals surface area (Å²) >= 11 is 5.76. The van der Waals surface area contributed by atoms with Gasteiger partial charge in [-0.15, -0.1) is 0 Å². The molecule has 4 rings (SSSR count). The van der Waals surface area contributed by atoms with Crippen LogP contribution in [0.4, 0.5) is 4.39 Å².